The van der Waals surface area contributed by atoms with Crippen molar-refractivity contribution < 1.29 is 4.79 Å². The molecule has 3 heteroatoms. The quantitative estimate of drug-likeness (QED) is 0.900. The average molecular weight is 316 g/mol. The molecule has 0 aliphatic carbocycles. The van der Waals surface area contributed by atoms with E-state index in [9.17, 15) is 4.79 Å². The predicted octanol–water partition coefficient (Wildman–Crippen LogP) is 3.62. The maximum absolute atomic E-state index is 12.1. The minimum absolute atomic E-state index is 0.0431. The Morgan fingerprint density at radius 1 is 1.22 bits per heavy atom. The van der Waals surface area contributed by atoms with E-state index < -0.39 is 0 Å². The van der Waals surface area contributed by atoms with E-state index in [1.807, 2.05) is 0 Å². The normalized spacial score (nSPS) is 17.0. The molecule has 0 aromatic heterocycles. The van der Waals surface area contributed by atoms with Gasteiger partial charge in [0, 0.05) is 32.1 Å². The van der Waals surface area contributed by atoms with Crippen molar-refractivity contribution in [1.29, 1.82) is 0 Å². The zero-order valence-electron chi connectivity index (χ0n) is 15.4. The van der Waals surface area contributed by atoms with Gasteiger partial charge in [0.25, 0.3) is 0 Å². The van der Waals surface area contributed by atoms with Crippen LogP contribution in [0, 0.1) is 11.3 Å². The summed E-state index contributed by atoms with van der Waals surface area (Å²) >= 11 is 0. The van der Waals surface area contributed by atoms with Gasteiger partial charge in [-0.2, -0.15) is 0 Å². The van der Waals surface area contributed by atoms with Gasteiger partial charge in [0.2, 0.25) is 5.91 Å². The molecule has 1 N–H and O–H groups in total. The van der Waals surface area contributed by atoms with Crippen molar-refractivity contribution in [2.24, 2.45) is 11.3 Å². The molecule has 0 radical (unpaired) electrons. The molecule has 1 aliphatic rings. The second kappa shape index (κ2) is 7.48. The van der Waals surface area contributed by atoms with Crippen LogP contribution >= 0.6 is 0 Å². The number of hydrogen-bond donors (Lipinski definition) is 1. The van der Waals surface area contributed by atoms with Crippen LogP contribution in [0.15, 0.2) is 24.3 Å². The fraction of sp³-hybridized carbons (Fsp3) is 0.650. The van der Waals surface area contributed by atoms with Crippen LogP contribution in [-0.4, -0.2) is 29.9 Å². The van der Waals surface area contributed by atoms with Crippen molar-refractivity contribution in [3.63, 3.8) is 0 Å². The van der Waals surface area contributed by atoms with Crippen molar-refractivity contribution in [1.82, 2.24) is 10.2 Å². The zero-order chi connectivity index (χ0) is 17.0. The number of benzene rings is 1. The zero-order valence-corrected chi connectivity index (χ0v) is 15.4. The predicted molar refractivity (Wildman–Crippen MR) is 96.3 cm³/mol. The van der Waals surface area contributed by atoms with E-state index in [4.69, 9.17) is 0 Å². The third-order valence-corrected chi connectivity index (χ3v) is 4.60. The largest absolute Gasteiger partial charge is 0.355 e. The summed E-state index contributed by atoms with van der Waals surface area (Å²) in [5, 5.41) is 3.16. The lowest BCUT2D eigenvalue weighted by Crippen LogP contribution is -2.48. The molecule has 1 aliphatic heterocycles. The Morgan fingerprint density at radius 2 is 1.87 bits per heavy atom. The molecule has 0 spiro atoms. The number of nitrogens with one attached hydrogen (secondary N) is 1. The van der Waals surface area contributed by atoms with E-state index in [2.05, 4.69) is 69.1 Å². The van der Waals surface area contributed by atoms with Gasteiger partial charge in [0.05, 0.1) is 0 Å². The first-order chi connectivity index (χ1) is 10.8. The first-order valence-corrected chi connectivity index (χ1v) is 8.84. The van der Waals surface area contributed by atoms with Crippen LogP contribution in [0.25, 0.3) is 0 Å². The number of rotatable bonds is 5. The molecular weight excluding hydrogens is 284 g/mol. The fourth-order valence-electron chi connectivity index (χ4n) is 3.35. The molecule has 1 atom stereocenters. The number of nitrogens with zero attached hydrogens (tertiary/aromatic N) is 1. The number of amides is 1. The molecule has 128 valence electrons. The number of carbonyl (C=O) groups is 1. The number of carbonyl (C=O) groups excluding carboxylic acids is 1. The third-order valence-electron chi connectivity index (χ3n) is 4.60. The molecule has 1 heterocycles. The molecule has 23 heavy (non-hydrogen) atoms. The fourth-order valence-corrected chi connectivity index (χ4v) is 3.35. The molecular formula is C20H32N2O. The molecule has 1 aromatic carbocycles. The van der Waals surface area contributed by atoms with Crippen molar-refractivity contribution >= 4 is 5.91 Å². The maximum Gasteiger partial charge on any atom is 0.220 e. The Hall–Kier alpha value is -1.35. The molecule has 1 amide bonds. The molecule has 0 saturated heterocycles. The SMILES string of the molecule is CC(C)C(CNC(=O)CC(C)(C)C)N1CCc2ccccc2C1. The van der Waals surface area contributed by atoms with Gasteiger partial charge in [-0.05, 0) is 28.9 Å². The summed E-state index contributed by atoms with van der Waals surface area (Å²) in [7, 11) is 0. The second-order valence-electron chi connectivity index (χ2n) is 8.34. The Balaban J connectivity index is 1.96. The van der Waals surface area contributed by atoms with Crippen molar-refractivity contribution in [2.45, 2.75) is 60.0 Å². The molecule has 3 nitrogen and oxygen atoms in total. The van der Waals surface area contributed by atoms with Gasteiger partial charge in [-0.3, -0.25) is 9.69 Å². The monoisotopic (exact) mass is 316 g/mol. The van der Waals surface area contributed by atoms with Crippen LogP contribution in [0.1, 0.15) is 52.2 Å². The average Bonchev–Trinajstić information content (AvgIpc) is 2.45. The highest BCUT2D eigenvalue weighted by molar-refractivity contribution is 5.76. The molecule has 0 saturated carbocycles. The minimum atomic E-state index is 0.0431. The van der Waals surface area contributed by atoms with Crippen LogP contribution < -0.4 is 5.32 Å². The summed E-state index contributed by atoms with van der Waals surface area (Å²) in [4.78, 5) is 14.7. The minimum Gasteiger partial charge on any atom is -0.355 e. The van der Waals surface area contributed by atoms with E-state index in [-0.39, 0.29) is 11.3 Å². The van der Waals surface area contributed by atoms with Gasteiger partial charge in [-0.15, -0.1) is 0 Å². The van der Waals surface area contributed by atoms with Gasteiger partial charge in [-0.1, -0.05) is 58.9 Å². The van der Waals surface area contributed by atoms with E-state index in [0.29, 0.717) is 18.4 Å². The first-order valence-electron chi connectivity index (χ1n) is 8.84. The van der Waals surface area contributed by atoms with Gasteiger partial charge >= 0.3 is 0 Å². The first kappa shape index (κ1) is 18.0. The lowest BCUT2D eigenvalue weighted by atomic mass is 9.91. The summed E-state index contributed by atoms with van der Waals surface area (Å²) in [6, 6.07) is 9.12. The van der Waals surface area contributed by atoms with Crippen molar-refractivity contribution in [3.05, 3.63) is 35.4 Å². The van der Waals surface area contributed by atoms with E-state index in [1.54, 1.807) is 0 Å². The summed E-state index contributed by atoms with van der Waals surface area (Å²) < 4.78 is 0. The Morgan fingerprint density at radius 3 is 2.48 bits per heavy atom. The summed E-state index contributed by atoms with van der Waals surface area (Å²) in [6.45, 7) is 13.6. The highest BCUT2D eigenvalue weighted by Crippen LogP contribution is 2.23. The van der Waals surface area contributed by atoms with Gasteiger partial charge in [0.1, 0.15) is 0 Å². The molecule has 0 fully saturated rings. The number of hydrogen-bond acceptors (Lipinski definition) is 2. The smallest absolute Gasteiger partial charge is 0.220 e. The van der Waals surface area contributed by atoms with Crippen molar-refractivity contribution in [3.8, 4) is 0 Å². The third kappa shape index (κ3) is 5.35. The number of fused-ring (bicyclic) bond motifs is 1. The maximum atomic E-state index is 12.1. The second-order valence-corrected chi connectivity index (χ2v) is 8.34. The lowest BCUT2D eigenvalue weighted by Gasteiger charge is -2.38. The summed E-state index contributed by atoms with van der Waals surface area (Å²) in [5.41, 5.74) is 2.95. The van der Waals surface area contributed by atoms with Crippen LogP contribution in [-0.2, 0) is 17.8 Å². The van der Waals surface area contributed by atoms with E-state index in [0.717, 1.165) is 26.1 Å². The highest BCUT2D eigenvalue weighted by Gasteiger charge is 2.26. The molecule has 2 rings (SSSR count). The Bertz CT molecular complexity index is 531. The van der Waals surface area contributed by atoms with E-state index >= 15 is 0 Å². The van der Waals surface area contributed by atoms with Gasteiger partial charge < -0.3 is 5.32 Å². The standard InChI is InChI=1S/C20H32N2O/c1-15(2)18(13-21-19(23)12-20(3,4)5)22-11-10-16-8-6-7-9-17(16)14-22/h6-9,15,18H,10-14H2,1-5H3,(H,21,23). The molecule has 1 aromatic rings. The van der Waals surface area contributed by atoms with Gasteiger partial charge in [-0.25, -0.2) is 0 Å². The highest BCUT2D eigenvalue weighted by atomic mass is 16.1. The molecule has 0 bridgehead atoms. The van der Waals surface area contributed by atoms with E-state index in [1.165, 1.54) is 11.1 Å². The summed E-state index contributed by atoms with van der Waals surface area (Å²) in [6.07, 6.45) is 1.69. The molecule has 1 unspecified atom stereocenters. The van der Waals surface area contributed by atoms with Crippen LogP contribution in [0.5, 0.6) is 0 Å². The summed E-state index contributed by atoms with van der Waals surface area (Å²) in [5.74, 6) is 0.691. The topological polar surface area (TPSA) is 32.3 Å². The van der Waals surface area contributed by atoms with Crippen LogP contribution in [0.4, 0.5) is 0 Å². The van der Waals surface area contributed by atoms with Crippen molar-refractivity contribution in [2.75, 3.05) is 13.1 Å². The van der Waals surface area contributed by atoms with Gasteiger partial charge in [0.15, 0.2) is 0 Å². The Kier molecular flexibility index (Phi) is 5.85. The van der Waals surface area contributed by atoms with Crippen LogP contribution in [0.2, 0.25) is 0 Å². The lowest BCUT2D eigenvalue weighted by molar-refractivity contribution is -0.123. The van der Waals surface area contributed by atoms with Crippen LogP contribution in [0.3, 0.4) is 0 Å². The Labute approximate surface area is 141 Å².